The predicted octanol–water partition coefficient (Wildman–Crippen LogP) is 8.00. The van der Waals surface area contributed by atoms with Crippen LogP contribution in [-0.4, -0.2) is 17.5 Å². The molecule has 0 aromatic rings. The number of hydrogen-bond donors (Lipinski definition) is 1. The Labute approximate surface area is 196 Å². The fourth-order valence-electron chi connectivity index (χ4n) is 8.48. The summed E-state index contributed by atoms with van der Waals surface area (Å²) in [5, 5.41) is 13.0. The van der Waals surface area contributed by atoms with Crippen molar-refractivity contribution in [3.63, 3.8) is 0 Å². The number of ether oxygens (including phenoxy) is 1. The number of allylic oxidation sites excluding steroid dienone is 3. The Morgan fingerprint density at radius 2 is 1.88 bits per heavy atom. The van der Waals surface area contributed by atoms with Crippen LogP contribution in [0.2, 0.25) is 0 Å². The quantitative estimate of drug-likeness (QED) is 0.321. The maximum absolute atomic E-state index is 9.43. The molecule has 4 aliphatic carbocycles. The van der Waals surface area contributed by atoms with E-state index >= 15 is 0 Å². The van der Waals surface area contributed by atoms with Crippen LogP contribution in [0.15, 0.2) is 28.6 Å². The van der Waals surface area contributed by atoms with E-state index in [1.807, 2.05) is 0 Å². The molecular formula is C29H47NO2. The molecule has 0 bridgehead atoms. The van der Waals surface area contributed by atoms with Gasteiger partial charge in [0.15, 0.2) is 0 Å². The Morgan fingerprint density at radius 3 is 2.56 bits per heavy atom. The summed E-state index contributed by atoms with van der Waals surface area (Å²) in [5.41, 5.74) is 2.70. The van der Waals surface area contributed by atoms with E-state index in [2.05, 4.69) is 58.9 Å². The molecule has 180 valence electrons. The second-order valence-electron chi connectivity index (χ2n) is 12.4. The summed E-state index contributed by atoms with van der Waals surface area (Å²) in [4.78, 5) is 0. The SMILES string of the molecule is CCOC1=C[C@H]2[C@@H]3CC[C@H]([C@H](C)CCCC(C)C)[C@@]3(C)CC[C@@H]2[C@@]2(C)CCC(=NO)C=C12. The molecule has 0 amide bonds. The summed E-state index contributed by atoms with van der Waals surface area (Å²) >= 11 is 0. The Kier molecular flexibility index (Phi) is 6.86. The standard InChI is InChI=1S/C29H47NO2/c1-7-32-27-18-22-24-12-11-23(20(4)10-8-9-19(2)3)28(24,5)16-14-25(22)29(6)15-13-21(30-31)17-26(27)29/h17-20,22-25,31H,7-16H2,1-6H3/t20-,22+,23-,24+,25+,28-,29-/m1/s1. The van der Waals surface area contributed by atoms with E-state index in [0.717, 1.165) is 48.0 Å². The summed E-state index contributed by atoms with van der Waals surface area (Å²) in [6.07, 6.45) is 16.2. The number of hydrogen-bond acceptors (Lipinski definition) is 3. The van der Waals surface area contributed by atoms with Gasteiger partial charge in [0.1, 0.15) is 5.76 Å². The lowest BCUT2D eigenvalue weighted by Crippen LogP contribution is -2.50. The first-order valence-corrected chi connectivity index (χ1v) is 13.5. The van der Waals surface area contributed by atoms with Crippen molar-refractivity contribution >= 4 is 5.71 Å². The lowest BCUT2D eigenvalue weighted by Gasteiger charge is -2.57. The topological polar surface area (TPSA) is 41.8 Å². The zero-order chi connectivity index (χ0) is 23.1. The van der Waals surface area contributed by atoms with Gasteiger partial charge in [-0.3, -0.25) is 0 Å². The van der Waals surface area contributed by atoms with E-state index in [1.54, 1.807) is 0 Å². The Balaban J connectivity index is 1.62. The number of fused-ring (bicyclic) bond motifs is 5. The largest absolute Gasteiger partial charge is 0.494 e. The molecule has 4 rings (SSSR count). The first-order valence-electron chi connectivity index (χ1n) is 13.5. The maximum atomic E-state index is 9.43. The zero-order valence-electron chi connectivity index (χ0n) is 21.5. The molecule has 0 heterocycles. The fraction of sp³-hybridized carbons (Fsp3) is 0.828. The van der Waals surface area contributed by atoms with E-state index in [1.165, 1.54) is 50.5 Å². The minimum absolute atomic E-state index is 0.139. The predicted molar refractivity (Wildman–Crippen MR) is 133 cm³/mol. The van der Waals surface area contributed by atoms with Gasteiger partial charge < -0.3 is 9.94 Å². The van der Waals surface area contributed by atoms with Crippen LogP contribution < -0.4 is 0 Å². The lowest BCUT2D eigenvalue weighted by atomic mass is 9.47. The highest BCUT2D eigenvalue weighted by Gasteiger charge is 2.59. The summed E-state index contributed by atoms with van der Waals surface area (Å²) in [6.45, 7) is 15.2. The van der Waals surface area contributed by atoms with Crippen molar-refractivity contribution in [1.82, 2.24) is 0 Å². The van der Waals surface area contributed by atoms with Gasteiger partial charge in [-0.1, -0.05) is 59.0 Å². The minimum atomic E-state index is 0.139. The minimum Gasteiger partial charge on any atom is -0.494 e. The van der Waals surface area contributed by atoms with Crippen molar-refractivity contribution in [3.8, 4) is 0 Å². The molecule has 1 N–H and O–H groups in total. The Bertz CT molecular complexity index is 780. The van der Waals surface area contributed by atoms with Gasteiger partial charge in [0.2, 0.25) is 0 Å². The Hall–Kier alpha value is -1.25. The van der Waals surface area contributed by atoms with Gasteiger partial charge in [-0.05, 0) is 104 Å². The van der Waals surface area contributed by atoms with Crippen LogP contribution in [0.25, 0.3) is 0 Å². The van der Waals surface area contributed by atoms with E-state index in [4.69, 9.17) is 4.74 Å². The first kappa shape index (κ1) is 23.9. The van der Waals surface area contributed by atoms with Gasteiger partial charge in [0, 0.05) is 5.57 Å². The van der Waals surface area contributed by atoms with Crippen molar-refractivity contribution in [2.45, 2.75) is 99.3 Å². The van der Waals surface area contributed by atoms with Crippen LogP contribution >= 0.6 is 0 Å². The molecule has 0 saturated heterocycles. The van der Waals surface area contributed by atoms with Crippen molar-refractivity contribution in [1.29, 1.82) is 0 Å². The molecule has 32 heavy (non-hydrogen) atoms. The van der Waals surface area contributed by atoms with E-state index < -0.39 is 0 Å². The van der Waals surface area contributed by atoms with Crippen molar-refractivity contribution in [3.05, 3.63) is 23.5 Å². The maximum Gasteiger partial charge on any atom is 0.119 e. The van der Waals surface area contributed by atoms with Crippen LogP contribution in [0, 0.1) is 46.3 Å². The highest BCUT2D eigenvalue weighted by molar-refractivity contribution is 5.97. The van der Waals surface area contributed by atoms with Crippen LogP contribution in [0.3, 0.4) is 0 Å². The molecule has 7 atom stereocenters. The molecule has 2 saturated carbocycles. The van der Waals surface area contributed by atoms with E-state index in [9.17, 15) is 5.21 Å². The third-order valence-electron chi connectivity index (χ3n) is 10.2. The summed E-state index contributed by atoms with van der Waals surface area (Å²) in [6, 6.07) is 0. The van der Waals surface area contributed by atoms with Gasteiger partial charge in [0.05, 0.1) is 12.3 Å². The molecular weight excluding hydrogens is 394 g/mol. The Morgan fingerprint density at radius 1 is 1.09 bits per heavy atom. The summed E-state index contributed by atoms with van der Waals surface area (Å²) < 4.78 is 6.25. The van der Waals surface area contributed by atoms with Crippen LogP contribution in [-0.2, 0) is 4.74 Å². The van der Waals surface area contributed by atoms with Gasteiger partial charge >= 0.3 is 0 Å². The van der Waals surface area contributed by atoms with Gasteiger partial charge in [-0.2, -0.15) is 0 Å². The van der Waals surface area contributed by atoms with Crippen LogP contribution in [0.5, 0.6) is 0 Å². The third-order valence-corrected chi connectivity index (χ3v) is 10.2. The average molecular weight is 442 g/mol. The fourth-order valence-corrected chi connectivity index (χ4v) is 8.48. The molecule has 4 aliphatic rings. The molecule has 0 spiro atoms. The molecule has 0 aromatic heterocycles. The van der Waals surface area contributed by atoms with Gasteiger partial charge in [-0.15, -0.1) is 0 Å². The average Bonchev–Trinajstić information content (AvgIpc) is 3.11. The van der Waals surface area contributed by atoms with E-state index in [0.29, 0.717) is 23.9 Å². The number of rotatable bonds is 7. The highest BCUT2D eigenvalue weighted by Crippen LogP contribution is 2.67. The normalized spacial score (nSPS) is 40.9. The van der Waals surface area contributed by atoms with Crippen LogP contribution in [0.1, 0.15) is 99.3 Å². The van der Waals surface area contributed by atoms with Crippen molar-refractivity contribution < 1.29 is 9.94 Å². The molecule has 0 unspecified atom stereocenters. The summed E-state index contributed by atoms with van der Waals surface area (Å²) in [5.74, 6) is 5.69. The van der Waals surface area contributed by atoms with Crippen molar-refractivity contribution in [2.75, 3.05) is 6.61 Å². The van der Waals surface area contributed by atoms with Gasteiger partial charge in [0.25, 0.3) is 0 Å². The first-order chi connectivity index (χ1) is 15.2. The number of oxime groups is 1. The summed E-state index contributed by atoms with van der Waals surface area (Å²) in [7, 11) is 0. The van der Waals surface area contributed by atoms with Crippen molar-refractivity contribution in [2.24, 2.45) is 51.5 Å². The zero-order valence-corrected chi connectivity index (χ0v) is 21.5. The lowest BCUT2D eigenvalue weighted by molar-refractivity contribution is -0.0311. The molecule has 0 radical (unpaired) electrons. The van der Waals surface area contributed by atoms with Gasteiger partial charge in [-0.25, -0.2) is 0 Å². The molecule has 2 fully saturated rings. The second kappa shape index (κ2) is 9.18. The number of nitrogens with zero attached hydrogens (tertiary/aromatic N) is 1. The second-order valence-corrected chi connectivity index (χ2v) is 12.4. The monoisotopic (exact) mass is 441 g/mol. The molecule has 3 heteroatoms. The highest BCUT2D eigenvalue weighted by atomic mass is 16.5. The molecule has 3 nitrogen and oxygen atoms in total. The molecule has 0 aliphatic heterocycles. The van der Waals surface area contributed by atoms with E-state index in [-0.39, 0.29) is 5.41 Å². The molecule has 0 aromatic carbocycles. The van der Waals surface area contributed by atoms with Crippen LogP contribution in [0.4, 0.5) is 0 Å². The third kappa shape index (κ3) is 3.96. The smallest absolute Gasteiger partial charge is 0.119 e.